The third-order valence-electron chi connectivity index (χ3n) is 2.53. The van der Waals surface area contributed by atoms with Crippen LogP contribution in [0.1, 0.15) is 25.7 Å². The molecule has 3 nitrogen and oxygen atoms in total. The van der Waals surface area contributed by atoms with Crippen molar-refractivity contribution in [2.24, 2.45) is 10.9 Å². The van der Waals surface area contributed by atoms with E-state index in [0.717, 1.165) is 12.8 Å². The quantitative estimate of drug-likeness (QED) is 0.474. The summed E-state index contributed by atoms with van der Waals surface area (Å²) < 4.78 is 5.31. The van der Waals surface area contributed by atoms with Crippen LogP contribution in [0.4, 0.5) is 0 Å². The summed E-state index contributed by atoms with van der Waals surface area (Å²) in [5.41, 5.74) is 0. The molecule has 0 aliphatic heterocycles. The van der Waals surface area contributed by atoms with Gasteiger partial charge >= 0.3 is 0 Å². The highest BCUT2D eigenvalue weighted by atomic mass is 16.5. The van der Waals surface area contributed by atoms with Crippen LogP contribution in [0, 0.1) is 5.92 Å². The molecule has 1 rings (SSSR count). The Balaban J connectivity index is 2.40. The number of carbonyl (C=O) groups excluding carboxylic acids is 1. The molecule has 1 fully saturated rings. The van der Waals surface area contributed by atoms with E-state index in [1.807, 2.05) is 0 Å². The maximum Gasteiger partial charge on any atom is 0.234 e. The maximum atomic E-state index is 9.91. The molecule has 1 aliphatic carbocycles. The average molecular weight is 169 g/mol. The Bertz CT molecular complexity index is 175. The zero-order chi connectivity index (χ0) is 8.81. The van der Waals surface area contributed by atoms with E-state index < -0.39 is 0 Å². The molecule has 0 aromatic carbocycles. The molecule has 0 spiro atoms. The summed E-state index contributed by atoms with van der Waals surface area (Å²) in [5.74, 6) is 0.435. The van der Waals surface area contributed by atoms with Crippen molar-refractivity contribution in [3.05, 3.63) is 0 Å². The third-order valence-corrected chi connectivity index (χ3v) is 2.53. The molecule has 0 bridgehead atoms. The lowest BCUT2D eigenvalue weighted by atomic mass is 9.86. The normalized spacial score (nSPS) is 29.4. The Morgan fingerprint density at radius 1 is 1.50 bits per heavy atom. The van der Waals surface area contributed by atoms with Crippen LogP contribution in [0.3, 0.4) is 0 Å². The van der Waals surface area contributed by atoms with Crippen LogP contribution in [-0.4, -0.2) is 25.8 Å². The number of nitrogens with zero attached hydrogens (tertiary/aromatic N) is 1. The van der Waals surface area contributed by atoms with Crippen molar-refractivity contribution in [3.63, 3.8) is 0 Å². The van der Waals surface area contributed by atoms with E-state index in [-0.39, 0.29) is 0 Å². The van der Waals surface area contributed by atoms with Crippen LogP contribution in [0.15, 0.2) is 4.99 Å². The predicted octanol–water partition coefficient (Wildman–Crippen LogP) is 1.53. The van der Waals surface area contributed by atoms with Gasteiger partial charge in [0.25, 0.3) is 0 Å². The Morgan fingerprint density at radius 3 is 2.92 bits per heavy atom. The minimum Gasteiger partial charge on any atom is -0.381 e. The molecule has 12 heavy (non-hydrogen) atoms. The fourth-order valence-corrected chi connectivity index (χ4v) is 1.85. The van der Waals surface area contributed by atoms with E-state index in [1.54, 1.807) is 13.2 Å². The second-order valence-corrected chi connectivity index (χ2v) is 3.25. The molecular weight excluding hydrogens is 154 g/mol. The molecule has 0 N–H and O–H groups in total. The van der Waals surface area contributed by atoms with Gasteiger partial charge < -0.3 is 4.74 Å². The van der Waals surface area contributed by atoms with Gasteiger partial charge in [0, 0.05) is 13.0 Å². The zero-order valence-electron chi connectivity index (χ0n) is 7.45. The fourth-order valence-electron chi connectivity index (χ4n) is 1.85. The topological polar surface area (TPSA) is 38.7 Å². The van der Waals surface area contributed by atoms with Crippen molar-refractivity contribution in [3.8, 4) is 0 Å². The Hall–Kier alpha value is -0.660. The van der Waals surface area contributed by atoms with Crippen LogP contribution in [0.25, 0.3) is 0 Å². The number of hydrogen-bond donors (Lipinski definition) is 0. The number of methoxy groups -OCH3 is 1. The van der Waals surface area contributed by atoms with Gasteiger partial charge in [-0.05, 0) is 12.8 Å². The molecule has 0 radical (unpaired) electrons. The summed E-state index contributed by atoms with van der Waals surface area (Å²) in [4.78, 5) is 13.5. The molecule has 0 amide bonds. The number of hydrogen-bond acceptors (Lipinski definition) is 3. The van der Waals surface area contributed by atoms with Crippen molar-refractivity contribution < 1.29 is 9.53 Å². The summed E-state index contributed by atoms with van der Waals surface area (Å²) in [7, 11) is 1.73. The van der Waals surface area contributed by atoms with Crippen LogP contribution in [0.5, 0.6) is 0 Å². The molecule has 3 heteroatoms. The van der Waals surface area contributed by atoms with Crippen molar-refractivity contribution in [1.29, 1.82) is 0 Å². The van der Waals surface area contributed by atoms with Gasteiger partial charge in [0.2, 0.25) is 6.08 Å². The predicted molar refractivity (Wildman–Crippen MR) is 45.7 cm³/mol. The van der Waals surface area contributed by atoms with E-state index >= 15 is 0 Å². The van der Waals surface area contributed by atoms with E-state index in [0.29, 0.717) is 18.6 Å². The van der Waals surface area contributed by atoms with Crippen LogP contribution >= 0.6 is 0 Å². The van der Waals surface area contributed by atoms with E-state index in [9.17, 15) is 4.79 Å². The van der Waals surface area contributed by atoms with Gasteiger partial charge in [0.1, 0.15) is 0 Å². The molecule has 2 unspecified atom stereocenters. The van der Waals surface area contributed by atoms with Gasteiger partial charge in [-0.1, -0.05) is 12.8 Å². The molecule has 0 heterocycles. The highest BCUT2D eigenvalue weighted by Crippen LogP contribution is 2.26. The average Bonchev–Trinajstić information content (AvgIpc) is 2.15. The summed E-state index contributed by atoms with van der Waals surface area (Å²) in [6.07, 6.45) is 6.59. The van der Waals surface area contributed by atoms with Crippen LogP contribution in [0.2, 0.25) is 0 Å². The number of rotatable bonds is 3. The summed E-state index contributed by atoms with van der Waals surface area (Å²) in [6, 6.07) is 0. The van der Waals surface area contributed by atoms with Gasteiger partial charge in [-0.25, -0.2) is 9.79 Å². The molecule has 0 aromatic heterocycles. The first-order valence-corrected chi connectivity index (χ1v) is 4.45. The summed E-state index contributed by atoms with van der Waals surface area (Å²) in [5, 5.41) is 0. The van der Waals surface area contributed by atoms with Crippen molar-refractivity contribution in [2.45, 2.75) is 31.8 Å². The van der Waals surface area contributed by atoms with Crippen molar-refractivity contribution >= 4 is 6.08 Å². The van der Waals surface area contributed by atoms with Crippen molar-refractivity contribution in [1.82, 2.24) is 0 Å². The molecule has 2 atom stereocenters. The van der Waals surface area contributed by atoms with Gasteiger partial charge in [-0.15, -0.1) is 0 Å². The van der Waals surface area contributed by atoms with Crippen LogP contribution in [-0.2, 0) is 9.53 Å². The zero-order valence-corrected chi connectivity index (χ0v) is 7.45. The summed E-state index contributed by atoms with van der Waals surface area (Å²) in [6.45, 7) is 0.585. The first kappa shape index (κ1) is 9.43. The van der Waals surface area contributed by atoms with E-state index in [4.69, 9.17) is 4.74 Å². The SMILES string of the molecule is COC1CCCCC1CN=C=O. The Labute approximate surface area is 72.8 Å². The Kier molecular flexibility index (Phi) is 3.98. The highest BCUT2D eigenvalue weighted by molar-refractivity contribution is 5.32. The first-order valence-electron chi connectivity index (χ1n) is 4.45. The second-order valence-electron chi connectivity index (χ2n) is 3.25. The number of aliphatic imine (C=N–C) groups is 1. The van der Waals surface area contributed by atoms with E-state index in [1.165, 1.54) is 12.8 Å². The van der Waals surface area contributed by atoms with E-state index in [2.05, 4.69) is 4.99 Å². The van der Waals surface area contributed by atoms with Gasteiger partial charge in [-0.3, -0.25) is 0 Å². The molecular formula is C9H15NO2. The minimum absolute atomic E-state index is 0.302. The number of isocyanates is 1. The lowest BCUT2D eigenvalue weighted by Crippen LogP contribution is -2.28. The first-order chi connectivity index (χ1) is 5.88. The maximum absolute atomic E-state index is 9.91. The van der Waals surface area contributed by atoms with Gasteiger partial charge in [0.05, 0.1) is 12.6 Å². The lowest BCUT2D eigenvalue weighted by molar-refractivity contribution is 0.0274. The third kappa shape index (κ3) is 2.43. The second kappa shape index (κ2) is 5.07. The lowest BCUT2D eigenvalue weighted by Gasteiger charge is -2.28. The monoisotopic (exact) mass is 169 g/mol. The largest absolute Gasteiger partial charge is 0.381 e. The molecule has 68 valence electrons. The molecule has 0 aromatic rings. The molecule has 0 saturated heterocycles. The van der Waals surface area contributed by atoms with Gasteiger partial charge in [-0.2, -0.15) is 0 Å². The minimum atomic E-state index is 0.302. The number of ether oxygens (including phenoxy) is 1. The van der Waals surface area contributed by atoms with Gasteiger partial charge in [0.15, 0.2) is 0 Å². The smallest absolute Gasteiger partial charge is 0.234 e. The standard InChI is InChI=1S/C9H15NO2/c1-12-9-5-3-2-4-8(9)6-10-7-11/h8-9H,2-6H2,1H3. The fraction of sp³-hybridized carbons (Fsp3) is 0.889. The molecule has 1 aliphatic rings. The highest BCUT2D eigenvalue weighted by Gasteiger charge is 2.24. The van der Waals surface area contributed by atoms with Crippen molar-refractivity contribution in [2.75, 3.05) is 13.7 Å². The summed E-state index contributed by atoms with van der Waals surface area (Å²) >= 11 is 0. The molecule has 1 saturated carbocycles. The Morgan fingerprint density at radius 2 is 2.25 bits per heavy atom. The van der Waals surface area contributed by atoms with Crippen LogP contribution < -0.4 is 0 Å².